The molecule has 1 rings (SSSR count). The lowest BCUT2D eigenvalue weighted by Crippen LogP contribution is -2.26. The van der Waals surface area contributed by atoms with E-state index in [9.17, 15) is 0 Å². The molecule has 1 aliphatic carbocycles. The fourth-order valence-electron chi connectivity index (χ4n) is 2.77. The highest BCUT2D eigenvalue weighted by atomic mass is 16.5. The summed E-state index contributed by atoms with van der Waals surface area (Å²) in [4.78, 5) is 0. The Morgan fingerprint density at radius 1 is 1.24 bits per heavy atom. The molecule has 2 heteroatoms. The fraction of sp³-hybridized carbons (Fsp3) is 0.789. The first-order chi connectivity index (χ1) is 9.88. The predicted octanol–water partition coefficient (Wildman–Crippen LogP) is 5.39. The van der Waals surface area contributed by atoms with Gasteiger partial charge in [-0.1, -0.05) is 37.6 Å². The van der Waals surface area contributed by atoms with E-state index in [1.807, 2.05) is 20.8 Å². The molecular formula is C19H36O2. The molecule has 0 saturated carbocycles. The van der Waals surface area contributed by atoms with Gasteiger partial charge in [-0.05, 0) is 52.9 Å². The van der Waals surface area contributed by atoms with Gasteiger partial charge < -0.3 is 9.47 Å². The van der Waals surface area contributed by atoms with Gasteiger partial charge in [0.1, 0.15) is 0 Å². The van der Waals surface area contributed by atoms with Crippen LogP contribution in [-0.4, -0.2) is 25.9 Å². The van der Waals surface area contributed by atoms with Crippen LogP contribution in [0.3, 0.4) is 0 Å². The van der Waals surface area contributed by atoms with Crippen molar-refractivity contribution in [1.82, 2.24) is 0 Å². The molecular weight excluding hydrogens is 260 g/mol. The highest BCUT2D eigenvalue weighted by Gasteiger charge is 2.30. The molecule has 0 aliphatic heterocycles. The molecule has 21 heavy (non-hydrogen) atoms. The van der Waals surface area contributed by atoms with Gasteiger partial charge in [-0.15, -0.1) is 0 Å². The maximum Gasteiger partial charge on any atom is 0.0727 e. The van der Waals surface area contributed by atoms with Crippen molar-refractivity contribution in [3.63, 3.8) is 0 Å². The van der Waals surface area contributed by atoms with E-state index in [2.05, 4.69) is 45.9 Å². The highest BCUT2D eigenvalue weighted by Crippen LogP contribution is 2.41. The molecule has 1 aliphatic rings. The van der Waals surface area contributed by atoms with Crippen LogP contribution in [0, 0.1) is 11.3 Å². The number of hydrogen-bond donors (Lipinski definition) is 0. The molecule has 0 aromatic rings. The Hall–Kier alpha value is -0.600. The molecule has 0 N–H and O–H groups in total. The summed E-state index contributed by atoms with van der Waals surface area (Å²) in [6.07, 6.45) is 9.66. The third-order valence-corrected chi connectivity index (χ3v) is 4.00. The highest BCUT2D eigenvalue weighted by molar-refractivity contribution is 5.19. The first kappa shape index (κ1) is 20.4. The lowest BCUT2D eigenvalue weighted by atomic mass is 9.68. The van der Waals surface area contributed by atoms with Gasteiger partial charge in [0.25, 0.3) is 0 Å². The summed E-state index contributed by atoms with van der Waals surface area (Å²) >= 11 is 0. The molecule has 0 saturated heterocycles. The Bertz CT molecular complexity index is 314. The van der Waals surface area contributed by atoms with Gasteiger partial charge in [0.05, 0.1) is 6.10 Å². The standard InChI is InChI=1S/C15H26O.C4H10O/c1-6-16-13(3)9-10-14-12(2)8-7-11-15(14,4)5;1-3-5-4-2/h8-10,13-14H,6-7,11H2,1-5H3;3-4H2,1-2H3. The average molecular weight is 296 g/mol. The zero-order chi connectivity index (χ0) is 16.3. The van der Waals surface area contributed by atoms with Crippen LogP contribution in [0.15, 0.2) is 23.8 Å². The minimum absolute atomic E-state index is 0.232. The Balaban J connectivity index is 0.000000690. The van der Waals surface area contributed by atoms with E-state index in [4.69, 9.17) is 9.47 Å². The molecule has 0 spiro atoms. The van der Waals surface area contributed by atoms with Crippen molar-refractivity contribution < 1.29 is 9.47 Å². The first-order valence-corrected chi connectivity index (χ1v) is 8.43. The smallest absolute Gasteiger partial charge is 0.0727 e. The third-order valence-electron chi connectivity index (χ3n) is 4.00. The van der Waals surface area contributed by atoms with Crippen molar-refractivity contribution in [2.45, 2.75) is 67.4 Å². The monoisotopic (exact) mass is 296 g/mol. The number of ether oxygens (including phenoxy) is 2. The van der Waals surface area contributed by atoms with Crippen molar-refractivity contribution in [1.29, 1.82) is 0 Å². The van der Waals surface area contributed by atoms with E-state index < -0.39 is 0 Å². The quantitative estimate of drug-likeness (QED) is 0.612. The van der Waals surface area contributed by atoms with Crippen molar-refractivity contribution in [2.75, 3.05) is 19.8 Å². The lowest BCUT2D eigenvalue weighted by molar-refractivity contribution is 0.108. The van der Waals surface area contributed by atoms with E-state index >= 15 is 0 Å². The maximum atomic E-state index is 5.53. The fourth-order valence-corrected chi connectivity index (χ4v) is 2.77. The van der Waals surface area contributed by atoms with Gasteiger partial charge in [-0.25, -0.2) is 0 Å². The van der Waals surface area contributed by atoms with Crippen LogP contribution in [-0.2, 0) is 9.47 Å². The normalized spacial score (nSPS) is 22.4. The Morgan fingerprint density at radius 3 is 2.29 bits per heavy atom. The summed E-state index contributed by atoms with van der Waals surface area (Å²) in [5.41, 5.74) is 1.90. The minimum atomic E-state index is 0.232. The van der Waals surface area contributed by atoms with Crippen LogP contribution < -0.4 is 0 Å². The molecule has 2 unspecified atom stereocenters. The van der Waals surface area contributed by atoms with Gasteiger partial charge >= 0.3 is 0 Å². The third kappa shape index (κ3) is 8.43. The first-order valence-electron chi connectivity index (χ1n) is 8.43. The van der Waals surface area contributed by atoms with Crippen molar-refractivity contribution in [3.05, 3.63) is 23.8 Å². The summed E-state index contributed by atoms with van der Waals surface area (Å²) in [7, 11) is 0. The summed E-state index contributed by atoms with van der Waals surface area (Å²) in [5, 5.41) is 0. The zero-order valence-electron chi connectivity index (χ0n) is 15.2. The molecule has 0 radical (unpaired) electrons. The molecule has 0 aromatic heterocycles. The Morgan fingerprint density at radius 2 is 1.86 bits per heavy atom. The van der Waals surface area contributed by atoms with E-state index in [0.717, 1.165) is 19.8 Å². The van der Waals surface area contributed by atoms with Gasteiger partial charge in [-0.3, -0.25) is 0 Å². The van der Waals surface area contributed by atoms with Crippen LogP contribution in [0.25, 0.3) is 0 Å². The van der Waals surface area contributed by atoms with Gasteiger partial charge in [-0.2, -0.15) is 0 Å². The van der Waals surface area contributed by atoms with Crippen LogP contribution in [0.2, 0.25) is 0 Å². The van der Waals surface area contributed by atoms with Crippen LogP contribution >= 0.6 is 0 Å². The second-order valence-electron chi connectivity index (χ2n) is 6.28. The second-order valence-corrected chi connectivity index (χ2v) is 6.28. The van der Waals surface area contributed by atoms with Crippen LogP contribution in [0.1, 0.15) is 61.3 Å². The number of rotatable bonds is 6. The van der Waals surface area contributed by atoms with Crippen molar-refractivity contribution in [2.24, 2.45) is 11.3 Å². The minimum Gasteiger partial charge on any atom is -0.382 e. The zero-order valence-corrected chi connectivity index (χ0v) is 15.2. The Labute approximate surface area is 132 Å². The number of allylic oxidation sites excluding steroid dienone is 3. The summed E-state index contributed by atoms with van der Waals surface area (Å²) < 4.78 is 10.4. The van der Waals surface area contributed by atoms with Crippen LogP contribution in [0.5, 0.6) is 0 Å². The van der Waals surface area contributed by atoms with E-state index in [1.165, 1.54) is 18.4 Å². The average Bonchev–Trinajstić information content (AvgIpc) is 2.39. The molecule has 0 aromatic carbocycles. The molecule has 0 amide bonds. The molecule has 2 nitrogen and oxygen atoms in total. The Kier molecular flexibility index (Phi) is 10.7. The van der Waals surface area contributed by atoms with E-state index in [-0.39, 0.29) is 6.10 Å². The summed E-state index contributed by atoms with van der Waals surface area (Å²) in [6, 6.07) is 0. The van der Waals surface area contributed by atoms with Gasteiger partial charge in [0.15, 0.2) is 0 Å². The van der Waals surface area contributed by atoms with Gasteiger partial charge in [0, 0.05) is 25.7 Å². The second kappa shape index (κ2) is 11.0. The topological polar surface area (TPSA) is 18.5 Å². The molecule has 0 bridgehead atoms. The molecule has 124 valence electrons. The van der Waals surface area contributed by atoms with E-state index in [0.29, 0.717) is 11.3 Å². The number of hydrogen-bond acceptors (Lipinski definition) is 2. The predicted molar refractivity (Wildman–Crippen MR) is 92.7 cm³/mol. The summed E-state index contributed by atoms with van der Waals surface area (Å²) in [5.74, 6) is 0.573. The molecule has 0 heterocycles. The maximum absolute atomic E-state index is 5.53. The molecule has 2 atom stereocenters. The largest absolute Gasteiger partial charge is 0.382 e. The van der Waals surface area contributed by atoms with Crippen molar-refractivity contribution in [3.8, 4) is 0 Å². The lowest BCUT2D eigenvalue weighted by Gasteiger charge is -2.36. The van der Waals surface area contributed by atoms with Crippen molar-refractivity contribution >= 4 is 0 Å². The summed E-state index contributed by atoms with van der Waals surface area (Å²) in [6.45, 7) is 17.6. The van der Waals surface area contributed by atoms with Gasteiger partial charge in [0.2, 0.25) is 0 Å². The molecule has 0 fully saturated rings. The van der Waals surface area contributed by atoms with Crippen LogP contribution in [0.4, 0.5) is 0 Å². The van der Waals surface area contributed by atoms with E-state index in [1.54, 1.807) is 0 Å². The SMILES string of the molecule is CCOC(C)C=CC1C(C)=CCCC1(C)C.CCOCC.